The van der Waals surface area contributed by atoms with Crippen molar-refractivity contribution in [2.45, 2.75) is 13.8 Å². The van der Waals surface area contributed by atoms with E-state index in [0.717, 1.165) is 4.47 Å². The minimum Gasteiger partial charge on any atom is -0.481 e. The maximum atomic E-state index is 11.7. The Bertz CT molecular complexity index is 526. The van der Waals surface area contributed by atoms with E-state index < -0.39 is 23.2 Å². The first kappa shape index (κ1) is 16.2. The standard InChI is InChI=1S/C13H15BrN2O4/c1-13(2,11(18)19)10(17)7-15-12(20)16-9-5-3-8(14)4-6-9/h3-6H,7H2,1-2H3,(H,18,19)(H2,15,16,20). The summed E-state index contributed by atoms with van der Waals surface area (Å²) in [5.41, 5.74) is -0.958. The molecule has 1 rings (SSSR count). The fraction of sp³-hybridized carbons (Fsp3) is 0.308. The number of hydrogen-bond acceptors (Lipinski definition) is 3. The van der Waals surface area contributed by atoms with E-state index in [9.17, 15) is 14.4 Å². The zero-order chi connectivity index (χ0) is 15.3. The van der Waals surface area contributed by atoms with Crippen LogP contribution < -0.4 is 10.6 Å². The molecule has 1 aromatic rings. The molecule has 0 spiro atoms. The molecule has 20 heavy (non-hydrogen) atoms. The largest absolute Gasteiger partial charge is 0.481 e. The second-order valence-electron chi connectivity index (χ2n) is 4.67. The third kappa shape index (κ3) is 4.34. The van der Waals surface area contributed by atoms with Crippen LogP contribution in [0.15, 0.2) is 28.7 Å². The molecule has 0 aliphatic rings. The zero-order valence-corrected chi connectivity index (χ0v) is 12.7. The van der Waals surface area contributed by atoms with Gasteiger partial charge in [-0.1, -0.05) is 15.9 Å². The minimum atomic E-state index is -1.52. The molecule has 0 atom stereocenters. The molecule has 108 valence electrons. The van der Waals surface area contributed by atoms with E-state index in [1.54, 1.807) is 24.3 Å². The van der Waals surface area contributed by atoms with E-state index in [2.05, 4.69) is 26.6 Å². The first-order chi connectivity index (χ1) is 9.23. The van der Waals surface area contributed by atoms with Gasteiger partial charge in [0.25, 0.3) is 0 Å². The van der Waals surface area contributed by atoms with E-state index in [-0.39, 0.29) is 6.54 Å². The number of benzene rings is 1. The van der Waals surface area contributed by atoms with Gasteiger partial charge in [0.05, 0.1) is 6.54 Å². The molecular weight excluding hydrogens is 328 g/mol. The number of halogens is 1. The summed E-state index contributed by atoms with van der Waals surface area (Å²) in [5.74, 6) is -1.80. The van der Waals surface area contributed by atoms with E-state index in [1.807, 2.05) is 0 Å². The summed E-state index contributed by atoms with van der Waals surface area (Å²) < 4.78 is 0.877. The van der Waals surface area contributed by atoms with Crippen LogP contribution in [-0.4, -0.2) is 29.4 Å². The van der Waals surface area contributed by atoms with Crippen LogP contribution in [0.25, 0.3) is 0 Å². The smallest absolute Gasteiger partial charge is 0.319 e. The van der Waals surface area contributed by atoms with Crippen molar-refractivity contribution < 1.29 is 19.5 Å². The van der Waals surface area contributed by atoms with Crippen LogP contribution >= 0.6 is 15.9 Å². The predicted octanol–water partition coefficient (Wildman–Crippen LogP) is 2.25. The molecule has 0 saturated heterocycles. The Morgan fingerprint density at radius 1 is 1.20 bits per heavy atom. The number of nitrogens with one attached hydrogen (secondary N) is 2. The van der Waals surface area contributed by atoms with Crippen molar-refractivity contribution >= 4 is 39.4 Å². The van der Waals surface area contributed by atoms with Crippen LogP contribution in [0.4, 0.5) is 10.5 Å². The number of carboxylic acids is 1. The normalized spacial score (nSPS) is 10.8. The van der Waals surface area contributed by atoms with E-state index in [4.69, 9.17) is 5.11 Å². The van der Waals surface area contributed by atoms with Crippen LogP contribution in [0.1, 0.15) is 13.8 Å². The van der Waals surface area contributed by atoms with Crippen LogP contribution in [0.5, 0.6) is 0 Å². The molecule has 0 heterocycles. The van der Waals surface area contributed by atoms with E-state index >= 15 is 0 Å². The first-order valence-corrected chi connectivity index (χ1v) is 6.60. The highest BCUT2D eigenvalue weighted by atomic mass is 79.9. The lowest BCUT2D eigenvalue weighted by atomic mass is 9.88. The lowest BCUT2D eigenvalue weighted by Gasteiger charge is -2.17. The van der Waals surface area contributed by atoms with Gasteiger partial charge >= 0.3 is 12.0 Å². The van der Waals surface area contributed by atoms with Gasteiger partial charge in [-0.25, -0.2) is 4.79 Å². The van der Waals surface area contributed by atoms with E-state index in [0.29, 0.717) is 5.69 Å². The summed E-state index contributed by atoms with van der Waals surface area (Å²) in [6.07, 6.45) is 0. The molecule has 0 aromatic heterocycles. The Kier molecular flexibility index (Phi) is 5.26. The van der Waals surface area contributed by atoms with Crippen molar-refractivity contribution in [2.75, 3.05) is 11.9 Å². The van der Waals surface area contributed by atoms with Crippen molar-refractivity contribution in [3.8, 4) is 0 Å². The number of carboxylic acid groups (broad SMARTS) is 1. The Hall–Kier alpha value is -1.89. The number of carbonyl (C=O) groups excluding carboxylic acids is 2. The van der Waals surface area contributed by atoms with Crippen LogP contribution in [0.3, 0.4) is 0 Å². The fourth-order valence-electron chi connectivity index (χ4n) is 1.21. The monoisotopic (exact) mass is 342 g/mol. The number of anilines is 1. The minimum absolute atomic E-state index is 0.346. The summed E-state index contributed by atoms with van der Waals surface area (Å²) in [7, 11) is 0. The number of Topliss-reactive ketones (excluding diaryl/α,β-unsaturated/α-hetero) is 1. The van der Waals surface area contributed by atoms with Gasteiger partial charge in [-0.05, 0) is 38.1 Å². The van der Waals surface area contributed by atoms with Gasteiger partial charge in [0.2, 0.25) is 0 Å². The van der Waals surface area contributed by atoms with Gasteiger partial charge < -0.3 is 15.7 Å². The average Bonchev–Trinajstić information content (AvgIpc) is 2.38. The molecule has 2 amide bonds. The number of amides is 2. The number of aliphatic carboxylic acids is 1. The molecule has 3 N–H and O–H groups in total. The number of rotatable bonds is 5. The number of urea groups is 1. The second kappa shape index (κ2) is 6.51. The Balaban J connectivity index is 2.50. The summed E-state index contributed by atoms with van der Waals surface area (Å²) >= 11 is 3.27. The summed E-state index contributed by atoms with van der Waals surface area (Å²) in [4.78, 5) is 34.1. The van der Waals surface area contributed by atoms with Crippen molar-refractivity contribution in [3.63, 3.8) is 0 Å². The van der Waals surface area contributed by atoms with Crippen molar-refractivity contribution in [3.05, 3.63) is 28.7 Å². The van der Waals surface area contributed by atoms with Gasteiger partial charge in [0.1, 0.15) is 5.41 Å². The maximum absolute atomic E-state index is 11.7. The Morgan fingerprint density at radius 3 is 2.25 bits per heavy atom. The third-order valence-electron chi connectivity index (χ3n) is 2.74. The molecule has 0 aliphatic heterocycles. The van der Waals surface area contributed by atoms with Gasteiger partial charge in [-0.15, -0.1) is 0 Å². The summed E-state index contributed by atoms with van der Waals surface area (Å²) in [6.45, 7) is 2.25. The van der Waals surface area contributed by atoms with Crippen molar-refractivity contribution in [1.29, 1.82) is 0 Å². The molecule has 0 unspecified atom stereocenters. The fourth-order valence-corrected chi connectivity index (χ4v) is 1.47. The van der Waals surface area contributed by atoms with Crippen LogP contribution in [-0.2, 0) is 9.59 Å². The number of carbonyl (C=O) groups is 3. The SMILES string of the molecule is CC(C)(C(=O)O)C(=O)CNC(=O)Nc1ccc(Br)cc1. The molecule has 0 saturated carbocycles. The highest BCUT2D eigenvalue weighted by molar-refractivity contribution is 9.10. The van der Waals surface area contributed by atoms with Crippen LogP contribution in [0, 0.1) is 5.41 Å². The Morgan fingerprint density at radius 2 is 1.75 bits per heavy atom. The highest BCUT2D eigenvalue weighted by Gasteiger charge is 2.35. The second-order valence-corrected chi connectivity index (χ2v) is 5.58. The molecule has 0 radical (unpaired) electrons. The van der Waals surface area contributed by atoms with Crippen molar-refractivity contribution in [1.82, 2.24) is 5.32 Å². The third-order valence-corrected chi connectivity index (χ3v) is 3.27. The van der Waals surface area contributed by atoms with Crippen molar-refractivity contribution in [2.24, 2.45) is 5.41 Å². The van der Waals surface area contributed by atoms with Gasteiger partial charge in [0, 0.05) is 10.2 Å². The average molecular weight is 343 g/mol. The number of hydrogen-bond donors (Lipinski definition) is 3. The zero-order valence-electron chi connectivity index (χ0n) is 11.1. The lowest BCUT2D eigenvalue weighted by Crippen LogP contribution is -2.42. The molecule has 7 heteroatoms. The topological polar surface area (TPSA) is 95.5 Å². The lowest BCUT2D eigenvalue weighted by molar-refractivity contribution is -0.152. The summed E-state index contributed by atoms with van der Waals surface area (Å²) in [5, 5.41) is 13.8. The molecule has 6 nitrogen and oxygen atoms in total. The number of ketones is 1. The molecular formula is C13H15BrN2O4. The molecule has 0 aliphatic carbocycles. The van der Waals surface area contributed by atoms with Gasteiger partial charge in [-0.2, -0.15) is 0 Å². The summed E-state index contributed by atoms with van der Waals surface area (Å²) in [6, 6.07) is 6.32. The predicted molar refractivity (Wildman–Crippen MR) is 77.6 cm³/mol. The molecule has 0 bridgehead atoms. The maximum Gasteiger partial charge on any atom is 0.319 e. The molecule has 1 aromatic carbocycles. The van der Waals surface area contributed by atoms with Gasteiger partial charge in [0.15, 0.2) is 5.78 Å². The first-order valence-electron chi connectivity index (χ1n) is 5.80. The highest BCUT2D eigenvalue weighted by Crippen LogP contribution is 2.16. The van der Waals surface area contributed by atoms with E-state index in [1.165, 1.54) is 13.8 Å². The van der Waals surface area contributed by atoms with Crippen LogP contribution in [0.2, 0.25) is 0 Å². The quantitative estimate of drug-likeness (QED) is 0.715. The van der Waals surface area contributed by atoms with Gasteiger partial charge in [-0.3, -0.25) is 9.59 Å². The molecule has 0 fully saturated rings. The Labute approximate surface area is 124 Å².